The predicted molar refractivity (Wildman–Crippen MR) is 114 cm³/mol. The van der Waals surface area contributed by atoms with Gasteiger partial charge < -0.3 is 10.1 Å². The molecule has 6 heteroatoms. The van der Waals surface area contributed by atoms with Gasteiger partial charge in [0, 0.05) is 17.3 Å². The Kier molecular flexibility index (Phi) is 4.58. The monoisotopic (exact) mass is 418 g/mol. The Balaban J connectivity index is 1.45. The maximum absolute atomic E-state index is 13.9. The minimum absolute atomic E-state index is 0.215. The van der Waals surface area contributed by atoms with Crippen molar-refractivity contribution in [3.8, 4) is 5.75 Å². The number of nitrogens with one attached hydrogen (secondary N) is 1. The Morgan fingerprint density at radius 3 is 2.45 bits per heavy atom. The number of anilines is 1. The molecule has 0 saturated heterocycles. The fourth-order valence-electron chi connectivity index (χ4n) is 4.10. The van der Waals surface area contributed by atoms with Crippen LogP contribution in [0.5, 0.6) is 5.75 Å². The predicted octanol–water partition coefficient (Wildman–Crippen LogP) is 5.67. The molecule has 156 valence electrons. The van der Waals surface area contributed by atoms with Crippen LogP contribution in [0, 0.1) is 18.6 Å². The summed E-state index contributed by atoms with van der Waals surface area (Å²) in [7, 11) is 0. The third-order valence-electron chi connectivity index (χ3n) is 5.92. The van der Waals surface area contributed by atoms with E-state index >= 15 is 0 Å². The smallest absolute Gasteiger partial charge is 0.262 e. The van der Waals surface area contributed by atoms with Gasteiger partial charge in [-0.1, -0.05) is 24.3 Å². The van der Waals surface area contributed by atoms with Gasteiger partial charge in [0.05, 0.1) is 0 Å². The fraction of sp³-hybridized carbons (Fsp3) is 0.200. The maximum Gasteiger partial charge on any atom is 0.262 e. The summed E-state index contributed by atoms with van der Waals surface area (Å²) in [5, 5.41) is 2.46. The number of hydrogen-bond acceptors (Lipinski definition) is 3. The van der Waals surface area contributed by atoms with Gasteiger partial charge in [-0.15, -0.1) is 0 Å². The molecule has 2 aliphatic rings. The van der Waals surface area contributed by atoms with Crippen molar-refractivity contribution in [2.24, 2.45) is 0 Å². The third kappa shape index (κ3) is 3.38. The van der Waals surface area contributed by atoms with Gasteiger partial charge >= 0.3 is 0 Å². The standard InChI is InChI=1S/C25H20F2N2O2/c1-15-5-2-6-17-18(13-25(11-4-12-25)31-23(15)17)16-9-10-21(28-14-16)29-24(30)22-19(26)7-3-8-20(22)27/h2-3,5-10,13-14H,4,11-12H2,1H3,(H,28,29,30). The lowest BCUT2D eigenvalue weighted by atomic mass is 9.75. The van der Waals surface area contributed by atoms with E-state index in [1.807, 2.05) is 31.2 Å². The highest BCUT2D eigenvalue weighted by atomic mass is 19.1. The molecule has 1 saturated carbocycles. The highest BCUT2D eigenvalue weighted by Crippen LogP contribution is 2.48. The van der Waals surface area contributed by atoms with Crippen molar-refractivity contribution in [1.82, 2.24) is 4.98 Å². The minimum Gasteiger partial charge on any atom is -0.482 e. The number of rotatable bonds is 3. The molecule has 2 aromatic carbocycles. The molecule has 2 heterocycles. The molecule has 1 spiro atoms. The largest absolute Gasteiger partial charge is 0.482 e. The molecule has 1 fully saturated rings. The van der Waals surface area contributed by atoms with E-state index < -0.39 is 23.1 Å². The van der Waals surface area contributed by atoms with Crippen molar-refractivity contribution in [3.63, 3.8) is 0 Å². The van der Waals surface area contributed by atoms with Crippen molar-refractivity contribution in [1.29, 1.82) is 0 Å². The highest BCUT2D eigenvalue weighted by Gasteiger charge is 2.41. The number of aryl methyl sites for hydroxylation is 1. The van der Waals surface area contributed by atoms with Crippen molar-refractivity contribution < 1.29 is 18.3 Å². The molecule has 0 bridgehead atoms. The topological polar surface area (TPSA) is 51.2 Å². The van der Waals surface area contributed by atoms with Crippen LogP contribution in [0.25, 0.3) is 5.57 Å². The SMILES string of the molecule is Cc1cccc2c1OC1(C=C2c2ccc(NC(=O)c3c(F)cccc3F)nc2)CCC1. The number of fused-ring (bicyclic) bond motifs is 1. The molecule has 3 aromatic rings. The van der Waals surface area contributed by atoms with Crippen LogP contribution in [0.4, 0.5) is 14.6 Å². The van der Waals surface area contributed by atoms with Crippen LogP contribution in [0.1, 0.15) is 46.3 Å². The van der Waals surface area contributed by atoms with Crippen LogP contribution in [0.3, 0.4) is 0 Å². The molecule has 0 radical (unpaired) electrons. The molecular weight excluding hydrogens is 398 g/mol. The van der Waals surface area contributed by atoms with Crippen LogP contribution in [0.2, 0.25) is 0 Å². The van der Waals surface area contributed by atoms with Crippen LogP contribution in [-0.4, -0.2) is 16.5 Å². The van der Waals surface area contributed by atoms with Gasteiger partial charge in [-0.2, -0.15) is 0 Å². The summed E-state index contributed by atoms with van der Waals surface area (Å²) >= 11 is 0. The second-order valence-electron chi connectivity index (χ2n) is 8.01. The van der Waals surface area contributed by atoms with Crippen molar-refractivity contribution in [2.75, 3.05) is 5.32 Å². The number of ether oxygens (including phenoxy) is 1. The Morgan fingerprint density at radius 2 is 1.81 bits per heavy atom. The molecule has 1 aliphatic heterocycles. The molecule has 1 aliphatic carbocycles. The first kappa shape index (κ1) is 19.4. The van der Waals surface area contributed by atoms with Crippen molar-refractivity contribution in [2.45, 2.75) is 31.8 Å². The number of amides is 1. The lowest BCUT2D eigenvalue weighted by Gasteiger charge is -2.43. The molecule has 1 amide bonds. The summed E-state index contributed by atoms with van der Waals surface area (Å²) < 4.78 is 34.1. The van der Waals surface area contributed by atoms with Crippen molar-refractivity contribution >= 4 is 17.3 Å². The Morgan fingerprint density at radius 1 is 1.06 bits per heavy atom. The zero-order valence-electron chi connectivity index (χ0n) is 16.9. The van der Waals surface area contributed by atoms with Gasteiger partial charge in [-0.25, -0.2) is 13.8 Å². The number of halogens is 2. The fourth-order valence-corrected chi connectivity index (χ4v) is 4.10. The summed E-state index contributed by atoms with van der Waals surface area (Å²) in [6.07, 6.45) is 6.89. The van der Waals surface area contributed by atoms with Crippen LogP contribution >= 0.6 is 0 Å². The number of pyridine rings is 1. The van der Waals surface area contributed by atoms with Gasteiger partial charge in [0.1, 0.15) is 34.4 Å². The number of para-hydroxylation sites is 1. The normalized spacial score (nSPS) is 16.0. The number of carbonyl (C=O) groups excluding carboxylic acids is 1. The second-order valence-corrected chi connectivity index (χ2v) is 8.01. The van der Waals surface area contributed by atoms with Gasteiger partial charge in [-0.05, 0) is 67.7 Å². The van der Waals surface area contributed by atoms with Gasteiger partial charge in [0.15, 0.2) is 0 Å². The van der Waals surface area contributed by atoms with Gasteiger partial charge in [-0.3, -0.25) is 4.79 Å². The lowest BCUT2D eigenvalue weighted by molar-refractivity contribution is 0.0370. The lowest BCUT2D eigenvalue weighted by Crippen LogP contribution is -2.43. The highest BCUT2D eigenvalue weighted by molar-refractivity contribution is 6.04. The summed E-state index contributed by atoms with van der Waals surface area (Å²) in [6.45, 7) is 2.03. The first-order chi connectivity index (χ1) is 15.0. The molecule has 31 heavy (non-hydrogen) atoms. The van der Waals surface area contributed by atoms with Crippen LogP contribution in [-0.2, 0) is 0 Å². The second kappa shape index (κ2) is 7.30. The van der Waals surface area contributed by atoms with Crippen LogP contribution in [0.15, 0.2) is 60.8 Å². The summed E-state index contributed by atoms with van der Waals surface area (Å²) in [5.41, 5.74) is 3.11. The zero-order chi connectivity index (χ0) is 21.6. The summed E-state index contributed by atoms with van der Waals surface area (Å²) in [6, 6.07) is 12.8. The van der Waals surface area contributed by atoms with Crippen LogP contribution < -0.4 is 10.1 Å². The van der Waals surface area contributed by atoms with E-state index in [4.69, 9.17) is 4.74 Å². The van der Waals surface area contributed by atoms with E-state index in [-0.39, 0.29) is 11.4 Å². The quantitative estimate of drug-likeness (QED) is 0.597. The number of aromatic nitrogens is 1. The molecule has 1 N–H and O–H groups in total. The maximum atomic E-state index is 13.9. The van der Waals surface area contributed by atoms with E-state index in [0.29, 0.717) is 0 Å². The first-order valence-corrected chi connectivity index (χ1v) is 10.2. The minimum atomic E-state index is -0.917. The van der Waals surface area contributed by atoms with Gasteiger partial charge in [0.2, 0.25) is 0 Å². The Bertz CT molecular complexity index is 1190. The molecule has 5 rings (SSSR count). The van der Waals surface area contributed by atoms with E-state index in [0.717, 1.165) is 59.4 Å². The van der Waals surface area contributed by atoms with E-state index in [1.54, 1.807) is 12.3 Å². The molecule has 0 atom stereocenters. The summed E-state index contributed by atoms with van der Waals surface area (Å²) in [5.74, 6) is -1.60. The average molecular weight is 418 g/mol. The number of nitrogens with zero attached hydrogens (tertiary/aromatic N) is 1. The summed E-state index contributed by atoms with van der Waals surface area (Å²) in [4.78, 5) is 16.6. The zero-order valence-corrected chi connectivity index (χ0v) is 16.9. The molecule has 0 unspecified atom stereocenters. The average Bonchev–Trinajstić information content (AvgIpc) is 2.73. The molecular formula is C25H20F2N2O2. The Labute approximate surface area is 178 Å². The Hall–Kier alpha value is -3.54. The van der Waals surface area contributed by atoms with Gasteiger partial charge in [0.25, 0.3) is 5.91 Å². The van der Waals surface area contributed by atoms with Crippen molar-refractivity contribution in [3.05, 3.63) is 94.7 Å². The number of benzene rings is 2. The molecule has 1 aromatic heterocycles. The third-order valence-corrected chi connectivity index (χ3v) is 5.92. The van der Waals surface area contributed by atoms with E-state index in [9.17, 15) is 13.6 Å². The van der Waals surface area contributed by atoms with E-state index in [1.165, 1.54) is 6.07 Å². The first-order valence-electron chi connectivity index (χ1n) is 10.2. The molecule has 4 nitrogen and oxygen atoms in total. The number of carbonyl (C=O) groups is 1. The number of hydrogen-bond donors (Lipinski definition) is 1. The van der Waals surface area contributed by atoms with E-state index in [2.05, 4.69) is 16.4 Å².